The van der Waals surface area contributed by atoms with Crippen LogP contribution in [0.2, 0.25) is 0 Å². The van der Waals surface area contributed by atoms with E-state index < -0.39 is 5.60 Å². The molecule has 0 unspecified atom stereocenters. The monoisotopic (exact) mass is 415 g/mol. The molecular formula is C26H29N3O2. The molecule has 3 aromatic rings. The van der Waals surface area contributed by atoms with Gasteiger partial charge in [0.1, 0.15) is 5.82 Å². The van der Waals surface area contributed by atoms with Gasteiger partial charge in [-0.05, 0) is 41.7 Å². The minimum Gasteiger partial charge on any atom is -0.372 e. The van der Waals surface area contributed by atoms with Gasteiger partial charge in [-0.3, -0.25) is 4.79 Å². The molecule has 1 amide bonds. The van der Waals surface area contributed by atoms with Gasteiger partial charge in [0.2, 0.25) is 0 Å². The summed E-state index contributed by atoms with van der Waals surface area (Å²) in [5.74, 6) is 0.859. The minimum absolute atomic E-state index is 0.218. The lowest BCUT2D eigenvalue weighted by Crippen LogP contribution is -2.50. The van der Waals surface area contributed by atoms with Crippen molar-refractivity contribution in [1.82, 2.24) is 9.88 Å². The molecule has 1 N–H and O–H groups in total. The zero-order valence-electron chi connectivity index (χ0n) is 18.1. The number of amides is 1. The fourth-order valence-electron chi connectivity index (χ4n) is 4.37. The van der Waals surface area contributed by atoms with E-state index in [2.05, 4.69) is 11.1 Å². The molecule has 0 aliphatic carbocycles. The molecule has 1 fully saturated rings. The summed E-state index contributed by atoms with van der Waals surface area (Å²) in [6.45, 7) is 1.22. The summed E-state index contributed by atoms with van der Waals surface area (Å²) in [4.78, 5) is 22.0. The number of hydrogen-bond donors (Lipinski definition) is 1. The number of aromatic nitrogens is 1. The number of hydrogen-bond acceptors (Lipinski definition) is 4. The Morgan fingerprint density at radius 3 is 2.23 bits per heavy atom. The Hall–Kier alpha value is -3.18. The Morgan fingerprint density at radius 2 is 1.65 bits per heavy atom. The molecule has 31 heavy (non-hydrogen) atoms. The maximum absolute atomic E-state index is 13.8. The summed E-state index contributed by atoms with van der Waals surface area (Å²) >= 11 is 0. The zero-order valence-corrected chi connectivity index (χ0v) is 18.1. The Labute approximate surface area is 184 Å². The van der Waals surface area contributed by atoms with E-state index in [1.54, 1.807) is 0 Å². The lowest BCUT2D eigenvalue weighted by atomic mass is 9.83. The van der Waals surface area contributed by atoms with E-state index >= 15 is 0 Å². The molecule has 5 nitrogen and oxygen atoms in total. The van der Waals surface area contributed by atoms with Crippen LogP contribution >= 0.6 is 0 Å². The van der Waals surface area contributed by atoms with Crippen LogP contribution in [-0.4, -0.2) is 48.1 Å². The van der Waals surface area contributed by atoms with Crippen LogP contribution in [0.5, 0.6) is 0 Å². The number of anilines is 1. The zero-order chi connectivity index (χ0) is 21.8. The van der Waals surface area contributed by atoms with Gasteiger partial charge in [-0.25, -0.2) is 4.98 Å². The molecule has 0 radical (unpaired) electrons. The number of benzene rings is 2. The highest BCUT2D eigenvalue weighted by molar-refractivity contribution is 5.90. The van der Waals surface area contributed by atoms with E-state index in [1.807, 2.05) is 96.8 Å². The number of likely N-dealkylation sites (tertiary alicyclic amines) is 1. The number of piperidine rings is 1. The smallest absolute Gasteiger partial charge is 0.263 e. The fourth-order valence-corrected chi connectivity index (χ4v) is 4.37. The summed E-state index contributed by atoms with van der Waals surface area (Å²) in [5, 5.41) is 11.8. The molecule has 1 aliphatic rings. The summed E-state index contributed by atoms with van der Waals surface area (Å²) < 4.78 is 0. The molecule has 2 aromatic carbocycles. The van der Waals surface area contributed by atoms with Gasteiger partial charge < -0.3 is 14.9 Å². The second-order valence-electron chi connectivity index (χ2n) is 8.37. The molecule has 1 atom stereocenters. The van der Waals surface area contributed by atoms with Crippen molar-refractivity contribution in [3.05, 3.63) is 95.7 Å². The molecule has 4 rings (SSSR count). The predicted molar refractivity (Wildman–Crippen MR) is 123 cm³/mol. The molecule has 1 aliphatic heterocycles. The first-order valence-corrected chi connectivity index (χ1v) is 10.8. The second-order valence-corrected chi connectivity index (χ2v) is 8.37. The van der Waals surface area contributed by atoms with E-state index in [9.17, 15) is 9.90 Å². The molecule has 1 aromatic heterocycles. The molecule has 0 saturated carbocycles. The Morgan fingerprint density at radius 1 is 1.03 bits per heavy atom. The van der Waals surface area contributed by atoms with Crippen molar-refractivity contribution in [2.75, 3.05) is 32.1 Å². The lowest BCUT2D eigenvalue weighted by molar-refractivity contribution is -0.149. The summed E-state index contributed by atoms with van der Waals surface area (Å²) in [6, 6.07) is 22.6. The highest BCUT2D eigenvalue weighted by atomic mass is 16.3. The van der Waals surface area contributed by atoms with E-state index in [-0.39, 0.29) is 11.8 Å². The third-order valence-corrected chi connectivity index (χ3v) is 6.10. The van der Waals surface area contributed by atoms with Crippen LogP contribution in [0.4, 0.5) is 5.82 Å². The first kappa shape index (κ1) is 21.1. The van der Waals surface area contributed by atoms with Gasteiger partial charge in [0.25, 0.3) is 5.91 Å². The van der Waals surface area contributed by atoms with Crippen LogP contribution in [0.3, 0.4) is 0 Å². The molecule has 2 heterocycles. The van der Waals surface area contributed by atoms with Gasteiger partial charge in [-0.15, -0.1) is 0 Å². The van der Waals surface area contributed by atoms with E-state index in [4.69, 9.17) is 0 Å². The number of carbonyl (C=O) groups is 1. The van der Waals surface area contributed by atoms with Crippen LogP contribution < -0.4 is 4.90 Å². The predicted octanol–water partition coefficient (Wildman–Crippen LogP) is 3.79. The number of carbonyl (C=O) groups excluding carboxylic acids is 1. The molecule has 160 valence electrons. The minimum atomic E-state index is -1.71. The molecule has 0 bridgehead atoms. The van der Waals surface area contributed by atoms with Crippen molar-refractivity contribution in [3.63, 3.8) is 0 Å². The van der Waals surface area contributed by atoms with Crippen molar-refractivity contribution in [3.8, 4) is 0 Å². The molecule has 1 saturated heterocycles. The average molecular weight is 416 g/mol. The quantitative estimate of drug-likeness (QED) is 0.689. The Kier molecular flexibility index (Phi) is 6.05. The maximum Gasteiger partial charge on any atom is 0.263 e. The van der Waals surface area contributed by atoms with Gasteiger partial charge in [0.05, 0.1) is 0 Å². The highest BCUT2D eigenvalue weighted by Crippen LogP contribution is 2.35. The largest absolute Gasteiger partial charge is 0.372 e. The number of nitrogens with zero attached hydrogens (tertiary/aromatic N) is 3. The van der Waals surface area contributed by atoms with Crippen LogP contribution in [0.25, 0.3) is 0 Å². The summed E-state index contributed by atoms with van der Waals surface area (Å²) in [5.41, 5.74) is 0.649. The van der Waals surface area contributed by atoms with E-state index in [0.717, 1.165) is 18.7 Å². The standard InChI is InChI=1S/C26H29N3O2/c1-28(2)24-18-20(15-16-27-24)21-10-9-17-29(19-21)25(30)26(31,22-11-5-3-6-12-22)23-13-7-4-8-14-23/h3-8,11-16,18,21,31H,9-10,17,19H2,1-2H3/t21-/m0/s1. The number of pyridine rings is 1. The van der Waals surface area contributed by atoms with Crippen LogP contribution in [0.1, 0.15) is 35.4 Å². The van der Waals surface area contributed by atoms with Gasteiger partial charge in [-0.2, -0.15) is 0 Å². The Bertz CT molecular complexity index is 982. The molecule has 0 spiro atoms. The average Bonchev–Trinajstić information content (AvgIpc) is 2.84. The molecular weight excluding hydrogens is 386 g/mol. The lowest BCUT2D eigenvalue weighted by Gasteiger charge is -2.39. The summed E-state index contributed by atoms with van der Waals surface area (Å²) in [7, 11) is 3.95. The van der Waals surface area contributed by atoms with Crippen LogP contribution in [0.15, 0.2) is 79.0 Å². The number of rotatable bonds is 5. The van der Waals surface area contributed by atoms with Crippen molar-refractivity contribution >= 4 is 11.7 Å². The number of aliphatic hydroxyl groups is 1. The van der Waals surface area contributed by atoms with Crippen molar-refractivity contribution < 1.29 is 9.90 Å². The van der Waals surface area contributed by atoms with E-state index in [1.165, 1.54) is 5.56 Å². The maximum atomic E-state index is 13.8. The highest BCUT2D eigenvalue weighted by Gasteiger charge is 2.43. The molecule has 5 heteroatoms. The van der Waals surface area contributed by atoms with Crippen molar-refractivity contribution in [1.29, 1.82) is 0 Å². The van der Waals surface area contributed by atoms with Crippen molar-refractivity contribution in [2.45, 2.75) is 24.4 Å². The van der Waals surface area contributed by atoms with Crippen molar-refractivity contribution in [2.24, 2.45) is 0 Å². The fraction of sp³-hybridized carbons (Fsp3) is 0.308. The van der Waals surface area contributed by atoms with Gasteiger partial charge >= 0.3 is 0 Å². The Balaban J connectivity index is 1.65. The van der Waals surface area contributed by atoms with Crippen LogP contribution in [0, 0.1) is 0 Å². The third-order valence-electron chi connectivity index (χ3n) is 6.10. The van der Waals surface area contributed by atoms with Gasteiger partial charge in [0, 0.05) is 39.3 Å². The van der Waals surface area contributed by atoms with Gasteiger partial charge in [-0.1, -0.05) is 60.7 Å². The van der Waals surface area contributed by atoms with Crippen LogP contribution in [-0.2, 0) is 10.4 Å². The topological polar surface area (TPSA) is 56.7 Å². The SMILES string of the molecule is CN(C)c1cc([C@H]2CCCN(C(=O)C(O)(c3ccccc3)c3ccccc3)C2)ccn1. The van der Waals surface area contributed by atoms with E-state index in [0.29, 0.717) is 24.2 Å². The first-order chi connectivity index (χ1) is 15.0. The van der Waals surface area contributed by atoms with Gasteiger partial charge in [0.15, 0.2) is 5.60 Å². The summed E-state index contributed by atoms with van der Waals surface area (Å²) in [6.07, 6.45) is 3.74. The third kappa shape index (κ3) is 4.19. The normalized spacial score (nSPS) is 16.7. The second kappa shape index (κ2) is 8.90. The first-order valence-electron chi connectivity index (χ1n) is 10.8.